The average molecular weight is 503 g/mol. The zero-order valence-electron chi connectivity index (χ0n) is 19.2. The van der Waals surface area contributed by atoms with E-state index in [2.05, 4.69) is 21.2 Å². The van der Waals surface area contributed by atoms with Crippen molar-refractivity contribution in [3.8, 4) is 11.5 Å². The summed E-state index contributed by atoms with van der Waals surface area (Å²) in [6.45, 7) is 2.77. The Morgan fingerprint density at radius 1 is 1.17 bits per heavy atom. The first-order chi connectivity index (χ1) is 17.0. The summed E-state index contributed by atoms with van der Waals surface area (Å²) in [5.74, 6) is -1.56. The Bertz CT molecular complexity index is 1060. The van der Waals surface area contributed by atoms with Gasteiger partial charge in [0.05, 0.1) is 23.9 Å². The van der Waals surface area contributed by atoms with Crippen molar-refractivity contribution in [3.05, 3.63) is 53.1 Å². The third-order valence-electron chi connectivity index (χ3n) is 4.84. The number of hydrazone groups is 1. The van der Waals surface area contributed by atoms with E-state index < -0.39 is 11.8 Å². The molecule has 11 heteroatoms. The summed E-state index contributed by atoms with van der Waals surface area (Å²) in [6.07, 6.45) is 3.03. The Labute approximate surface area is 208 Å². The lowest BCUT2D eigenvalue weighted by Crippen LogP contribution is -2.41. The Kier molecular flexibility index (Phi) is 9.88. The number of anilines is 1. The molecular weight excluding hydrogens is 476 g/mol. The molecule has 186 valence electrons. The lowest BCUT2D eigenvalue weighted by molar-refractivity contribution is -0.139. The first kappa shape index (κ1) is 26.0. The van der Waals surface area contributed by atoms with Crippen LogP contribution in [0.4, 0.5) is 5.69 Å². The van der Waals surface area contributed by atoms with Crippen molar-refractivity contribution in [1.29, 1.82) is 0 Å². The summed E-state index contributed by atoms with van der Waals surface area (Å²) >= 11 is 6.35. The molecule has 2 aromatic carbocycles. The van der Waals surface area contributed by atoms with Crippen LogP contribution in [0.25, 0.3) is 0 Å². The van der Waals surface area contributed by atoms with Gasteiger partial charge in [0.2, 0.25) is 0 Å². The first-order valence-electron chi connectivity index (χ1n) is 11.1. The Hall–Kier alpha value is -3.63. The molecule has 1 aliphatic rings. The summed E-state index contributed by atoms with van der Waals surface area (Å²) in [4.78, 5) is 36.0. The van der Waals surface area contributed by atoms with E-state index in [1.54, 1.807) is 37.3 Å². The van der Waals surface area contributed by atoms with Crippen molar-refractivity contribution in [2.45, 2.75) is 25.9 Å². The van der Waals surface area contributed by atoms with Gasteiger partial charge in [-0.2, -0.15) is 5.10 Å². The highest BCUT2D eigenvalue weighted by molar-refractivity contribution is 6.35. The van der Waals surface area contributed by atoms with Crippen LogP contribution < -0.4 is 25.5 Å². The topological polar surface area (TPSA) is 127 Å². The van der Waals surface area contributed by atoms with Crippen molar-refractivity contribution in [3.63, 3.8) is 0 Å². The van der Waals surface area contributed by atoms with Crippen LogP contribution in [-0.2, 0) is 19.1 Å². The number of nitrogens with one attached hydrogen (secondary N) is 3. The number of halogens is 1. The number of para-hydroxylation sites is 1. The fourth-order valence-corrected chi connectivity index (χ4v) is 3.50. The van der Waals surface area contributed by atoms with Crippen molar-refractivity contribution in [1.82, 2.24) is 10.7 Å². The molecule has 10 nitrogen and oxygen atoms in total. The molecule has 0 radical (unpaired) electrons. The van der Waals surface area contributed by atoms with Gasteiger partial charge >= 0.3 is 11.8 Å². The molecular formula is C24H27ClN4O6. The zero-order chi connectivity index (χ0) is 25.0. The second-order valence-corrected chi connectivity index (χ2v) is 7.92. The molecule has 2 aromatic rings. The van der Waals surface area contributed by atoms with Gasteiger partial charge in [0, 0.05) is 18.8 Å². The van der Waals surface area contributed by atoms with Crippen LogP contribution in [0.1, 0.15) is 25.3 Å². The summed E-state index contributed by atoms with van der Waals surface area (Å²) in [7, 11) is 0. The van der Waals surface area contributed by atoms with Gasteiger partial charge in [0.25, 0.3) is 5.91 Å². The maximum Gasteiger partial charge on any atom is 0.329 e. The second-order valence-electron chi connectivity index (χ2n) is 7.51. The number of rotatable bonds is 10. The van der Waals surface area contributed by atoms with Gasteiger partial charge in [-0.1, -0.05) is 29.8 Å². The van der Waals surface area contributed by atoms with E-state index in [0.29, 0.717) is 30.2 Å². The van der Waals surface area contributed by atoms with Crippen LogP contribution in [-0.4, -0.2) is 56.4 Å². The Balaban J connectivity index is 1.55. The normalized spacial score (nSPS) is 15.0. The molecule has 0 saturated carbocycles. The third kappa shape index (κ3) is 8.27. The lowest BCUT2D eigenvalue weighted by Gasteiger charge is -2.14. The molecule has 1 fully saturated rings. The SMILES string of the molecule is CCOc1cc(/C=N\NC(=O)C(=O)NC[C@H]2CCCO2)cc(Cl)c1OCC(=O)Nc1ccccc1. The molecule has 35 heavy (non-hydrogen) atoms. The number of benzene rings is 2. The highest BCUT2D eigenvalue weighted by atomic mass is 35.5. The van der Waals surface area contributed by atoms with E-state index in [-0.39, 0.29) is 35.9 Å². The summed E-state index contributed by atoms with van der Waals surface area (Å²) in [5.41, 5.74) is 3.30. The van der Waals surface area contributed by atoms with E-state index in [1.165, 1.54) is 12.3 Å². The number of hydrogen-bond donors (Lipinski definition) is 3. The minimum absolute atomic E-state index is 0.0699. The van der Waals surface area contributed by atoms with E-state index >= 15 is 0 Å². The molecule has 1 heterocycles. The largest absolute Gasteiger partial charge is 0.490 e. The molecule has 0 unspecified atom stereocenters. The molecule has 1 atom stereocenters. The first-order valence-corrected chi connectivity index (χ1v) is 11.5. The molecule has 3 amide bonds. The predicted octanol–water partition coefficient (Wildman–Crippen LogP) is 2.50. The fraction of sp³-hybridized carbons (Fsp3) is 0.333. The van der Waals surface area contributed by atoms with Gasteiger partial charge in [-0.3, -0.25) is 14.4 Å². The third-order valence-corrected chi connectivity index (χ3v) is 5.12. The van der Waals surface area contributed by atoms with Crippen LogP contribution in [0.2, 0.25) is 5.02 Å². The van der Waals surface area contributed by atoms with E-state index in [4.69, 9.17) is 25.8 Å². The van der Waals surface area contributed by atoms with E-state index in [0.717, 1.165) is 12.8 Å². The van der Waals surface area contributed by atoms with Gasteiger partial charge in [-0.15, -0.1) is 0 Å². The highest BCUT2D eigenvalue weighted by Crippen LogP contribution is 2.36. The van der Waals surface area contributed by atoms with Crippen LogP contribution in [0.3, 0.4) is 0 Å². The number of ether oxygens (including phenoxy) is 3. The number of amides is 3. The fourth-order valence-electron chi connectivity index (χ4n) is 3.23. The Morgan fingerprint density at radius 3 is 2.69 bits per heavy atom. The van der Waals surface area contributed by atoms with Gasteiger partial charge in [0.15, 0.2) is 18.1 Å². The molecule has 0 aliphatic carbocycles. The number of nitrogens with zero attached hydrogens (tertiary/aromatic N) is 1. The van der Waals surface area contributed by atoms with E-state index in [9.17, 15) is 14.4 Å². The minimum Gasteiger partial charge on any atom is -0.490 e. The Morgan fingerprint density at radius 2 is 1.97 bits per heavy atom. The molecule has 0 aromatic heterocycles. The zero-order valence-corrected chi connectivity index (χ0v) is 20.0. The highest BCUT2D eigenvalue weighted by Gasteiger charge is 2.19. The molecule has 3 N–H and O–H groups in total. The van der Waals surface area contributed by atoms with Gasteiger partial charge in [-0.25, -0.2) is 5.43 Å². The summed E-state index contributed by atoms with van der Waals surface area (Å²) in [6, 6.07) is 12.1. The maximum absolute atomic E-state index is 12.2. The predicted molar refractivity (Wildman–Crippen MR) is 131 cm³/mol. The molecule has 0 bridgehead atoms. The monoisotopic (exact) mass is 502 g/mol. The smallest absolute Gasteiger partial charge is 0.329 e. The minimum atomic E-state index is -0.903. The number of hydrogen-bond acceptors (Lipinski definition) is 7. The molecule has 1 saturated heterocycles. The summed E-state index contributed by atoms with van der Waals surface area (Å²) < 4.78 is 16.6. The number of carbonyl (C=O) groups excluding carboxylic acids is 3. The maximum atomic E-state index is 12.2. The molecule has 3 rings (SSSR count). The lowest BCUT2D eigenvalue weighted by atomic mass is 10.2. The average Bonchev–Trinajstić information content (AvgIpc) is 3.36. The van der Waals surface area contributed by atoms with Crippen molar-refractivity contribution in [2.24, 2.45) is 5.10 Å². The van der Waals surface area contributed by atoms with Crippen molar-refractivity contribution < 1.29 is 28.6 Å². The molecule has 1 aliphatic heterocycles. The standard InChI is InChI=1S/C24H27ClN4O6/c1-2-33-20-12-16(13-27-29-24(32)23(31)26-14-18-9-6-10-34-18)11-19(25)22(20)35-15-21(30)28-17-7-4-3-5-8-17/h3-5,7-8,11-13,18H,2,6,9-10,14-15H2,1H3,(H,26,31)(H,28,30)(H,29,32)/b27-13-/t18-/m1/s1. The molecule has 0 spiro atoms. The van der Waals surface area contributed by atoms with Crippen LogP contribution in [0.15, 0.2) is 47.6 Å². The van der Waals surface area contributed by atoms with Crippen LogP contribution >= 0.6 is 11.6 Å². The quantitative estimate of drug-likeness (QED) is 0.260. The van der Waals surface area contributed by atoms with E-state index in [1.807, 2.05) is 6.07 Å². The van der Waals surface area contributed by atoms with Crippen molar-refractivity contribution in [2.75, 3.05) is 31.7 Å². The van der Waals surface area contributed by atoms with Gasteiger partial charge in [0.1, 0.15) is 0 Å². The van der Waals surface area contributed by atoms with Crippen LogP contribution in [0.5, 0.6) is 11.5 Å². The second kappa shape index (κ2) is 13.3. The van der Waals surface area contributed by atoms with Crippen LogP contribution in [0, 0.1) is 0 Å². The van der Waals surface area contributed by atoms with Gasteiger partial charge < -0.3 is 24.8 Å². The van der Waals surface area contributed by atoms with Gasteiger partial charge in [-0.05, 0) is 49.6 Å². The number of carbonyl (C=O) groups is 3. The van der Waals surface area contributed by atoms with Crippen molar-refractivity contribution >= 4 is 41.2 Å². The summed E-state index contributed by atoms with van der Waals surface area (Å²) in [5, 5.41) is 9.22.